The molecule has 0 unspecified atom stereocenters. The van der Waals surface area contributed by atoms with E-state index in [4.69, 9.17) is 0 Å². The predicted octanol–water partition coefficient (Wildman–Crippen LogP) is 6.59. The van der Waals surface area contributed by atoms with Gasteiger partial charge in [-0.2, -0.15) is 0 Å². The zero-order chi connectivity index (χ0) is 16.8. The number of unbranched alkanes of at least 4 members (excludes halogenated alkanes) is 8. The molecule has 0 aromatic heterocycles. The van der Waals surface area contributed by atoms with Crippen molar-refractivity contribution < 1.29 is 10.2 Å². The summed E-state index contributed by atoms with van der Waals surface area (Å²) in [5.41, 5.74) is 0.680. The highest BCUT2D eigenvalue weighted by Gasteiger charge is 1.97. The molecule has 0 saturated carbocycles. The molecule has 0 heterocycles. The van der Waals surface area contributed by atoms with Gasteiger partial charge in [0.05, 0.1) is 0 Å². The van der Waals surface area contributed by atoms with E-state index in [1.807, 2.05) is 6.08 Å². The monoisotopic (exact) mass is 316 g/mol. The number of rotatable bonds is 12. The van der Waals surface area contributed by atoms with Gasteiger partial charge in [0.25, 0.3) is 0 Å². The number of allylic oxidation sites excluding steroid dienone is 3. The first-order chi connectivity index (χ1) is 11.2. The van der Waals surface area contributed by atoms with Gasteiger partial charge in [0.15, 0.2) is 0 Å². The van der Waals surface area contributed by atoms with Crippen molar-refractivity contribution in [1.82, 2.24) is 0 Å². The summed E-state index contributed by atoms with van der Waals surface area (Å²) in [4.78, 5) is 0. The van der Waals surface area contributed by atoms with E-state index in [0.717, 1.165) is 6.42 Å². The quantitative estimate of drug-likeness (QED) is 0.259. The smallest absolute Gasteiger partial charge is 0.123 e. The van der Waals surface area contributed by atoms with E-state index in [-0.39, 0.29) is 11.5 Å². The summed E-state index contributed by atoms with van der Waals surface area (Å²) >= 11 is 0. The second-order valence-corrected chi connectivity index (χ2v) is 6.10. The van der Waals surface area contributed by atoms with Crippen LogP contribution in [0.3, 0.4) is 0 Å². The van der Waals surface area contributed by atoms with Crippen molar-refractivity contribution in [1.29, 1.82) is 0 Å². The standard InChI is InChI=1S/C21H32O2/c1-2-3-4-5-6-7-8-9-10-11-12-13-14-15-19-18-20(22)16-17-21(19)23/h5-6,14-18,22-23H,2-4,7-13H2,1H3. The zero-order valence-corrected chi connectivity index (χ0v) is 14.5. The molecular weight excluding hydrogens is 284 g/mol. The van der Waals surface area contributed by atoms with E-state index in [1.54, 1.807) is 6.07 Å². The molecule has 128 valence electrons. The number of phenolic OH excluding ortho intramolecular Hbond substituents is 2. The summed E-state index contributed by atoms with van der Waals surface area (Å²) in [6, 6.07) is 4.59. The Bertz CT molecular complexity index is 475. The average molecular weight is 316 g/mol. The fourth-order valence-electron chi connectivity index (χ4n) is 2.50. The summed E-state index contributed by atoms with van der Waals surface area (Å²) in [6.45, 7) is 2.23. The SMILES string of the molecule is CCCCC=CCCCCCCCC=Cc1cc(O)ccc1O. The lowest BCUT2D eigenvalue weighted by atomic mass is 10.1. The lowest BCUT2D eigenvalue weighted by Gasteiger charge is -2.00. The van der Waals surface area contributed by atoms with Crippen LogP contribution < -0.4 is 0 Å². The van der Waals surface area contributed by atoms with Gasteiger partial charge in [-0.1, -0.05) is 63.3 Å². The van der Waals surface area contributed by atoms with Gasteiger partial charge in [-0.3, -0.25) is 0 Å². The minimum atomic E-state index is 0.186. The molecule has 0 bridgehead atoms. The lowest BCUT2D eigenvalue weighted by molar-refractivity contribution is 0.459. The average Bonchev–Trinajstić information content (AvgIpc) is 2.55. The topological polar surface area (TPSA) is 40.5 Å². The second kappa shape index (κ2) is 12.8. The summed E-state index contributed by atoms with van der Waals surface area (Å²) < 4.78 is 0. The molecule has 1 aromatic carbocycles. The van der Waals surface area contributed by atoms with E-state index >= 15 is 0 Å². The Morgan fingerprint density at radius 2 is 1.39 bits per heavy atom. The van der Waals surface area contributed by atoms with Gasteiger partial charge in [-0.25, -0.2) is 0 Å². The van der Waals surface area contributed by atoms with Crippen molar-refractivity contribution in [2.24, 2.45) is 0 Å². The molecule has 0 aliphatic heterocycles. The van der Waals surface area contributed by atoms with Gasteiger partial charge in [-0.15, -0.1) is 0 Å². The van der Waals surface area contributed by atoms with Crippen molar-refractivity contribution >= 4 is 6.08 Å². The maximum Gasteiger partial charge on any atom is 0.123 e. The van der Waals surface area contributed by atoms with Crippen LogP contribution >= 0.6 is 0 Å². The van der Waals surface area contributed by atoms with Crippen LogP contribution in [0.5, 0.6) is 11.5 Å². The van der Waals surface area contributed by atoms with Gasteiger partial charge in [0.2, 0.25) is 0 Å². The fourth-order valence-corrected chi connectivity index (χ4v) is 2.50. The molecule has 2 N–H and O–H groups in total. The Morgan fingerprint density at radius 3 is 2.09 bits per heavy atom. The van der Waals surface area contributed by atoms with Crippen LogP contribution in [0.25, 0.3) is 6.08 Å². The van der Waals surface area contributed by atoms with Gasteiger partial charge in [0.1, 0.15) is 11.5 Å². The summed E-state index contributed by atoms with van der Waals surface area (Å²) in [5.74, 6) is 0.400. The number of hydrogen-bond acceptors (Lipinski definition) is 2. The summed E-state index contributed by atoms with van der Waals surface area (Å²) in [6.07, 6.45) is 21.0. The van der Waals surface area contributed by atoms with Crippen molar-refractivity contribution in [2.45, 2.75) is 71.1 Å². The number of aromatic hydroxyl groups is 2. The number of phenols is 2. The Labute approximate surface area is 141 Å². The number of hydrogen-bond donors (Lipinski definition) is 2. The van der Waals surface area contributed by atoms with Gasteiger partial charge >= 0.3 is 0 Å². The van der Waals surface area contributed by atoms with Crippen molar-refractivity contribution in [3.05, 3.63) is 42.0 Å². The molecule has 0 aliphatic rings. The van der Waals surface area contributed by atoms with Gasteiger partial charge in [0, 0.05) is 5.56 Å². The van der Waals surface area contributed by atoms with E-state index in [1.165, 1.54) is 69.9 Å². The molecule has 0 spiro atoms. The molecule has 2 nitrogen and oxygen atoms in total. The minimum Gasteiger partial charge on any atom is -0.508 e. The zero-order valence-electron chi connectivity index (χ0n) is 14.5. The van der Waals surface area contributed by atoms with Crippen LogP contribution in [-0.4, -0.2) is 10.2 Å². The normalized spacial score (nSPS) is 11.7. The lowest BCUT2D eigenvalue weighted by Crippen LogP contribution is -1.79. The molecule has 0 fully saturated rings. The second-order valence-electron chi connectivity index (χ2n) is 6.10. The van der Waals surface area contributed by atoms with Crippen molar-refractivity contribution in [3.8, 4) is 11.5 Å². The fraction of sp³-hybridized carbons (Fsp3) is 0.524. The Balaban J connectivity index is 2.00. The largest absolute Gasteiger partial charge is 0.508 e. The van der Waals surface area contributed by atoms with Crippen LogP contribution in [0.15, 0.2) is 36.4 Å². The first-order valence-corrected chi connectivity index (χ1v) is 9.07. The third-order valence-corrected chi connectivity index (χ3v) is 3.94. The van der Waals surface area contributed by atoms with Crippen LogP contribution in [0, 0.1) is 0 Å². The maximum atomic E-state index is 9.66. The number of benzene rings is 1. The molecule has 0 aliphatic carbocycles. The molecule has 1 rings (SSSR count). The maximum absolute atomic E-state index is 9.66. The van der Waals surface area contributed by atoms with E-state index in [0.29, 0.717) is 5.56 Å². The van der Waals surface area contributed by atoms with Crippen LogP contribution in [0.1, 0.15) is 76.7 Å². The molecule has 1 aromatic rings. The van der Waals surface area contributed by atoms with E-state index in [9.17, 15) is 10.2 Å². The predicted molar refractivity (Wildman–Crippen MR) is 99.8 cm³/mol. The Hall–Kier alpha value is -1.70. The van der Waals surface area contributed by atoms with Gasteiger partial charge < -0.3 is 10.2 Å². The van der Waals surface area contributed by atoms with Crippen molar-refractivity contribution in [3.63, 3.8) is 0 Å². The van der Waals surface area contributed by atoms with Crippen LogP contribution in [0.2, 0.25) is 0 Å². The molecule has 23 heavy (non-hydrogen) atoms. The first-order valence-electron chi connectivity index (χ1n) is 9.07. The highest BCUT2D eigenvalue weighted by atomic mass is 16.3. The molecular formula is C21H32O2. The highest BCUT2D eigenvalue weighted by Crippen LogP contribution is 2.23. The Morgan fingerprint density at radius 1 is 0.783 bits per heavy atom. The molecule has 0 amide bonds. The third kappa shape index (κ3) is 9.83. The summed E-state index contributed by atoms with van der Waals surface area (Å²) in [5, 5.41) is 19.0. The Kier molecular flexibility index (Phi) is 10.8. The molecule has 0 radical (unpaired) electrons. The molecule has 0 atom stereocenters. The minimum absolute atomic E-state index is 0.186. The molecule has 0 saturated heterocycles. The first kappa shape index (κ1) is 19.3. The van der Waals surface area contributed by atoms with E-state index in [2.05, 4.69) is 25.2 Å². The third-order valence-electron chi connectivity index (χ3n) is 3.94. The molecule has 2 heteroatoms. The van der Waals surface area contributed by atoms with Crippen LogP contribution in [-0.2, 0) is 0 Å². The van der Waals surface area contributed by atoms with E-state index < -0.39 is 0 Å². The van der Waals surface area contributed by atoms with Crippen molar-refractivity contribution in [2.75, 3.05) is 0 Å². The summed E-state index contributed by atoms with van der Waals surface area (Å²) in [7, 11) is 0. The van der Waals surface area contributed by atoms with Gasteiger partial charge in [-0.05, 0) is 50.3 Å². The van der Waals surface area contributed by atoms with Crippen LogP contribution in [0.4, 0.5) is 0 Å². The highest BCUT2D eigenvalue weighted by molar-refractivity contribution is 5.58.